The standard InChI is InChI=1S/C39H37ClFN3O5/c40-28-10-6-24(7-11-28)32-14-12-30(43-18-16-31(45)17-19-43)20-27(32)23-49-39(48)26-8-13-33(34(41)21-26)37-42-35-22-25(38(46)47)9-15-36(35)44(37)29-4-2-1-3-5-29/h6-15,20-22,29,31,45H,1-5,16-19,23H2,(H,46,47). The van der Waals surface area contributed by atoms with Crippen molar-refractivity contribution in [1.29, 1.82) is 0 Å². The topological polar surface area (TPSA) is 105 Å². The predicted octanol–water partition coefficient (Wildman–Crippen LogP) is 8.68. The quantitative estimate of drug-likeness (QED) is 0.158. The fourth-order valence-corrected chi connectivity index (χ4v) is 7.24. The first kappa shape index (κ1) is 32.8. The molecule has 1 aliphatic carbocycles. The average molecular weight is 682 g/mol. The Morgan fingerprint density at radius 3 is 2.29 bits per heavy atom. The molecule has 1 saturated heterocycles. The predicted molar refractivity (Wildman–Crippen MR) is 188 cm³/mol. The van der Waals surface area contributed by atoms with Crippen LogP contribution in [0.5, 0.6) is 0 Å². The molecule has 49 heavy (non-hydrogen) atoms. The number of hydrogen-bond donors (Lipinski definition) is 2. The molecule has 2 aliphatic rings. The van der Waals surface area contributed by atoms with Gasteiger partial charge >= 0.3 is 11.9 Å². The van der Waals surface area contributed by atoms with Crippen molar-refractivity contribution in [2.75, 3.05) is 18.0 Å². The molecule has 5 aromatic rings. The summed E-state index contributed by atoms with van der Waals surface area (Å²) in [6.45, 7) is 1.41. The Hall–Kier alpha value is -4.73. The second kappa shape index (κ2) is 14.0. The summed E-state index contributed by atoms with van der Waals surface area (Å²) >= 11 is 6.14. The Labute approximate surface area is 288 Å². The number of carbonyl (C=O) groups excluding carboxylic acids is 1. The highest BCUT2D eigenvalue weighted by Crippen LogP contribution is 2.37. The lowest BCUT2D eigenvalue weighted by Crippen LogP contribution is -2.35. The first-order valence-corrected chi connectivity index (χ1v) is 17.2. The summed E-state index contributed by atoms with van der Waals surface area (Å²) in [7, 11) is 0. The summed E-state index contributed by atoms with van der Waals surface area (Å²) in [4.78, 5) is 32.0. The van der Waals surface area contributed by atoms with Crippen LogP contribution in [-0.2, 0) is 11.3 Å². The number of imidazole rings is 1. The number of benzene rings is 4. The van der Waals surface area contributed by atoms with Crippen LogP contribution < -0.4 is 4.90 Å². The molecule has 0 radical (unpaired) electrons. The molecule has 8 nitrogen and oxygen atoms in total. The first-order chi connectivity index (χ1) is 23.7. The average Bonchev–Trinajstić information content (AvgIpc) is 3.50. The number of nitrogens with zero attached hydrogens (tertiary/aromatic N) is 3. The highest BCUT2D eigenvalue weighted by atomic mass is 35.5. The van der Waals surface area contributed by atoms with E-state index in [1.165, 1.54) is 12.1 Å². The van der Waals surface area contributed by atoms with Crippen LogP contribution in [0, 0.1) is 5.82 Å². The van der Waals surface area contributed by atoms with Crippen LogP contribution in [0.3, 0.4) is 0 Å². The fourth-order valence-electron chi connectivity index (χ4n) is 7.11. The Morgan fingerprint density at radius 1 is 0.857 bits per heavy atom. The van der Waals surface area contributed by atoms with E-state index < -0.39 is 17.8 Å². The third-order valence-corrected chi connectivity index (χ3v) is 10.0. The van der Waals surface area contributed by atoms with Gasteiger partial charge in [0.15, 0.2) is 0 Å². The van der Waals surface area contributed by atoms with E-state index in [4.69, 9.17) is 21.3 Å². The third-order valence-electron chi connectivity index (χ3n) is 9.75. The molecule has 4 aromatic carbocycles. The number of rotatable bonds is 8. The van der Waals surface area contributed by atoms with Crippen LogP contribution in [-0.4, -0.2) is 50.9 Å². The molecule has 1 aromatic heterocycles. The lowest BCUT2D eigenvalue weighted by molar-refractivity contribution is 0.0472. The SMILES string of the molecule is O=C(O)c1ccc2c(c1)nc(-c1ccc(C(=O)OCc3cc(N4CCC(O)CC4)ccc3-c3ccc(Cl)cc3)cc1F)n2C1CCCCC1. The van der Waals surface area contributed by atoms with Gasteiger partial charge in [0.25, 0.3) is 0 Å². The molecule has 0 unspecified atom stereocenters. The van der Waals surface area contributed by atoms with Gasteiger partial charge in [-0.2, -0.15) is 0 Å². The van der Waals surface area contributed by atoms with Gasteiger partial charge in [-0.15, -0.1) is 0 Å². The van der Waals surface area contributed by atoms with Crippen LogP contribution in [0.1, 0.15) is 77.3 Å². The highest BCUT2D eigenvalue weighted by molar-refractivity contribution is 6.30. The summed E-state index contributed by atoms with van der Waals surface area (Å²) in [5, 5.41) is 20.1. The maximum Gasteiger partial charge on any atom is 0.338 e. The maximum absolute atomic E-state index is 16.0. The number of carboxylic acid groups (broad SMARTS) is 1. The second-order valence-corrected chi connectivity index (χ2v) is 13.4. The number of aliphatic hydroxyl groups excluding tert-OH is 1. The zero-order valence-corrected chi connectivity index (χ0v) is 27.7. The molecule has 252 valence electrons. The number of carbonyl (C=O) groups is 2. The van der Waals surface area contributed by atoms with Crippen molar-refractivity contribution in [3.63, 3.8) is 0 Å². The Kier molecular flexibility index (Phi) is 9.38. The van der Waals surface area contributed by atoms with Crippen molar-refractivity contribution in [3.8, 4) is 22.5 Å². The zero-order valence-electron chi connectivity index (χ0n) is 26.9. The van der Waals surface area contributed by atoms with Gasteiger partial charge in [-0.3, -0.25) is 0 Å². The number of ether oxygens (including phenoxy) is 1. The zero-order chi connectivity index (χ0) is 34.1. The normalized spacial score (nSPS) is 15.9. The minimum absolute atomic E-state index is 0.0339. The number of hydrogen-bond acceptors (Lipinski definition) is 6. The van der Waals surface area contributed by atoms with Crippen LogP contribution >= 0.6 is 11.6 Å². The van der Waals surface area contributed by atoms with Crippen LogP contribution in [0.4, 0.5) is 10.1 Å². The smallest absolute Gasteiger partial charge is 0.338 e. The van der Waals surface area contributed by atoms with Gasteiger partial charge in [0, 0.05) is 29.8 Å². The molecule has 10 heteroatoms. The van der Waals surface area contributed by atoms with Crippen molar-refractivity contribution in [1.82, 2.24) is 9.55 Å². The molecule has 1 aliphatic heterocycles. The molecule has 2 heterocycles. The minimum atomic E-state index is -1.05. The van der Waals surface area contributed by atoms with Crippen molar-refractivity contribution in [2.24, 2.45) is 0 Å². The lowest BCUT2D eigenvalue weighted by Gasteiger charge is -2.32. The van der Waals surface area contributed by atoms with Gasteiger partial charge in [0.1, 0.15) is 18.2 Å². The molecule has 0 atom stereocenters. The van der Waals surface area contributed by atoms with Crippen molar-refractivity contribution in [2.45, 2.75) is 63.7 Å². The Bertz CT molecular complexity index is 2010. The number of piperidine rings is 1. The van der Waals surface area contributed by atoms with E-state index in [1.54, 1.807) is 24.3 Å². The molecule has 0 amide bonds. The number of aromatic carboxylic acids is 1. The van der Waals surface area contributed by atoms with Crippen molar-refractivity contribution >= 4 is 40.3 Å². The molecule has 0 spiro atoms. The summed E-state index contributed by atoms with van der Waals surface area (Å²) in [5.74, 6) is -1.91. The number of carboxylic acids is 1. The van der Waals surface area contributed by atoms with Gasteiger partial charge < -0.3 is 24.4 Å². The highest BCUT2D eigenvalue weighted by Gasteiger charge is 2.25. The number of halogens is 2. The molecule has 7 rings (SSSR count). The number of aromatic nitrogens is 2. The van der Waals surface area contributed by atoms with E-state index in [2.05, 4.69) is 4.90 Å². The molecule has 2 fully saturated rings. The summed E-state index contributed by atoms with van der Waals surface area (Å²) < 4.78 is 23.8. The number of fused-ring (bicyclic) bond motifs is 1. The van der Waals surface area contributed by atoms with E-state index in [0.717, 1.165) is 73.1 Å². The first-order valence-electron chi connectivity index (χ1n) is 16.8. The van der Waals surface area contributed by atoms with Crippen LogP contribution in [0.2, 0.25) is 5.02 Å². The van der Waals surface area contributed by atoms with Crippen molar-refractivity contribution < 1.29 is 28.9 Å². The van der Waals surface area contributed by atoms with Crippen LogP contribution in [0.15, 0.2) is 78.9 Å². The summed E-state index contributed by atoms with van der Waals surface area (Å²) in [6.07, 6.45) is 6.15. The fraction of sp³-hybridized carbons (Fsp3) is 0.308. The van der Waals surface area contributed by atoms with E-state index in [0.29, 0.717) is 29.2 Å². The van der Waals surface area contributed by atoms with Crippen molar-refractivity contribution in [3.05, 3.63) is 106 Å². The van der Waals surface area contributed by atoms with Gasteiger partial charge in [-0.05, 0) is 103 Å². The Morgan fingerprint density at radius 2 is 1.57 bits per heavy atom. The monoisotopic (exact) mass is 681 g/mol. The largest absolute Gasteiger partial charge is 0.478 e. The Balaban J connectivity index is 1.16. The molecule has 1 saturated carbocycles. The van der Waals surface area contributed by atoms with E-state index in [-0.39, 0.29) is 35.4 Å². The van der Waals surface area contributed by atoms with Gasteiger partial charge in [-0.25, -0.2) is 19.0 Å². The number of anilines is 1. The van der Waals surface area contributed by atoms with Gasteiger partial charge in [-0.1, -0.05) is 49.1 Å². The number of esters is 1. The van der Waals surface area contributed by atoms with E-state index in [9.17, 15) is 19.8 Å². The summed E-state index contributed by atoms with van der Waals surface area (Å²) in [5.41, 5.74) is 5.24. The van der Waals surface area contributed by atoms with Gasteiger partial charge in [0.05, 0.1) is 33.8 Å². The molecule has 2 N–H and O–H groups in total. The minimum Gasteiger partial charge on any atom is -0.478 e. The molecular formula is C39H37ClFN3O5. The van der Waals surface area contributed by atoms with Gasteiger partial charge in [0.2, 0.25) is 0 Å². The molecular weight excluding hydrogens is 645 g/mol. The van der Waals surface area contributed by atoms with E-state index >= 15 is 4.39 Å². The lowest BCUT2D eigenvalue weighted by atomic mass is 9.94. The summed E-state index contributed by atoms with van der Waals surface area (Å²) in [6, 6.07) is 22.7. The molecule has 0 bridgehead atoms. The third kappa shape index (κ3) is 6.91. The number of aliphatic hydroxyl groups is 1. The maximum atomic E-state index is 16.0. The van der Waals surface area contributed by atoms with Crippen LogP contribution in [0.25, 0.3) is 33.5 Å². The second-order valence-electron chi connectivity index (χ2n) is 12.9. The van der Waals surface area contributed by atoms with E-state index in [1.807, 2.05) is 47.0 Å².